The summed E-state index contributed by atoms with van der Waals surface area (Å²) < 4.78 is 63.2. The number of aliphatic hydroxyl groups is 4. The van der Waals surface area contributed by atoms with Crippen LogP contribution in [0.4, 0.5) is 0 Å². The van der Waals surface area contributed by atoms with Crippen LogP contribution in [-0.2, 0) is 20.8 Å². The Balaban J connectivity index is -0.000000160. The molecule has 102 valence electrons. The minimum atomic E-state index is -4.67. The maximum absolute atomic E-state index is 8.74. The molecule has 0 radical (unpaired) electrons. The Morgan fingerprint density at radius 3 is 0.812 bits per heavy atom. The molecule has 0 amide bonds. The SMILES string of the molecule is O=S(=O)(O)O.O=S(=O)(O)O.OCC(O)(O)O. The maximum Gasteiger partial charge on any atom is 0.394 e. The summed E-state index contributed by atoms with van der Waals surface area (Å²) in [5.74, 6) is -2.90. The Labute approximate surface area is 89.6 Å². The summed E-state index contributed by atoms with van der Waals surface area (Å²) in [6.07, 6.45) is 0. The fourth-order valence-electron chi connectivity index (χ4n) is 0. The van der Waals surface area contributed by atoms with Crippen molar-refractivity contribution in [2.45, 2.75) is 5.97 Å². The van der Waals surface area contributed by atoms with Gasteiger partial charge < -0.3 is 20.4 Å². The van der Waals surface area contributed by atoms with Gasteiger partial charge in [-0.25, -0.2) is 0 Å². The summed E-state index contributed by atoms with van der Waals surface area (Å²) in [7, 11) is -9.33. The lowest BCUT2D eigenvalue weighted by Crippen LogP contribution is -2.31. The minimum Gasteiger partial charge on any atom is -0.388 e. The maximum atomic E-state index is 8.74. The molecule has 0 aliphatic rings. The van der Waals surface area contributed by atoms with E-state index < -0.39 is 33.4 Å². The first-order valence-corrected chi connectivity index (χ1v) is 5.53. The van der Waals surface area contributed by atoms with Crippen molar-refractivity contribution in [3.8, 4) is 0 Å². The van der Waals surface area contributed by atoms with Gasteiger partial charge in [0.2, 0.25) is 0 Å². The van der Waals surface area contributed by atoms with Crippen LogP contribution in [0.25, 0.3) is 0 Å². The Hall–Kier alpha value is -0.420. The van der Waals surface area contributed by atoms with Crippen molar-refractivity contribution in [1.82, 2.24) is 0 Å². The van der Waals surface area contributed by atoms with Crippen molar-refractivity contribution in [2.24, 2.45) is 0 Å². The van der Waals surface area contributed by atoms with E-state index in [1.165, 1.54) is 0 Å². The summed E-state index contributed by atoms with van der Waals surface area (Å²) >= 11 is 0. The van der Waals surface area contributed by atoms with Crippen LogP contribution in [0.5, 0.6) is 0 Å². The highest BCUT2D eigenvalue weighted by molar-refractivity contribution is 7.80. The molecule has 0 rings (SSSR count). The van der Waals surface area contributed by atoms with Crippen LogP contribution in [-0.4, -0.2) is 68.1 Å². The smallest absolute Gasteiger partial charge is 0.388 e. The summed E-state index contributed by atoms with van der Waals surface area (Å²) in [5, 5.41) is 30.7. The van der Waals surface area contributed by atoms with Gasteiger partial charge >= 0.3 is 20.8 Å². The average Bonchev–Trinajstić information content (AvgIpc) is 1.77. The lowest BCUT2D eigenvalue weighted by atomic mass is 10.6. The highest BCUT2D eigenvalue weighted by atomic mass is 32.3. The first-order valence-electron chi connectivity index (χ1n) is 2.74. The number of hydrogen-bond donors (Lipinski definition) is 8. The van der Waals surface area contributed by atoms with Crippen LogP contribution in [0.3, 0.4) is 0 Å². The predicted molar refractivity (Wildman–Crippen MR) is 44.8 cm³/mol. The van der Waals surface area contributed by atoms with Gasteiger partial charge in [-0.3, -0.25) is 18.2 Å². The van der Waals surface area contributed by atoms with Crippen LogP contribution in [0.1, 0.15) is 0 Å². The van der Waals surface area contributed by atoms with Crippen LogP contribution in [0, 0.1) is 0 Å². The van der Waals surface area contributed by atoms with Crippen LogP contribution in [0.15, 0.2) is 0 Å². The van der Waals surface area contributed by atoms with Crippen molar-refractivity contribution < 1.29 is 55.5 Å². The Bertz CT molecular complexity index is 295. The quantitative estimate of drug-likeness (QED) is 0.172. The number of rotatable bonds is 1. The third-order valence-electron chi connectivity index (χ3n) is 0.212. The standard InChI is InChI=1S/C2H6O4.2H2O4S/c3-1-2(4,5)6;2*1-5(2,3)4/h3-6H,1H2;2*(H2,1,2,3,4). The molecule has 0 aromatic heterocycles. The van der Waals surface area contributed by atoms with Crippen molar-refractivity contribution in [2.75, 3.05) is 6.61 Å². The summed E-state index contributed by atoms with van der Waals surface area (Å²) in [5.41, 5.74) is 0. The number of hydrogen-bond acceptors (Lipinski definition) is 8. The van der Waals surface area contributed by atoms with Gasteiger partial charge in [0.15, 0.2) is 0 Å². The fourth-order valence-corrected chi connectivity index (χ4v) is 0. The van der Waals surface area contributed by atoms with Gasteiger partial charge in [-0.15, -0.1) is 0 Å². The zero-order valence-electron chi connectivity index (χ0n) is 7.23. The molecule has 0 aromatic carbocycles. The van der Waals surface area contributed by atoms with Gasteiger partial charge in [0, 0.05) is 0 Å². The van der Waals surface area contributed by atoms with E-state index in [0.29, 0.717) is 0 Å². The van der Waals surface area contributed by atoms with Crippen LogP contribution < -0.4 is 0 Å². The molecule has 0 atom stereocenters. The Kier molecular flexibility index (Phi) is 10.2. The first kappa shape index (κ1) is 20.9. The molecule has 0 fully saturated rings. The fraction of sp³-hybridized carbons (Fsp3) is 1.00. The topological polar surface area (TPSA) is 230 Å². The summed E-state index contributed by atoms with van der Waals surface area (Å²) in [6, 6.07) is 0. The van der Waals surface area contributed by atoms with Crippen molar-refractivity contribution in [3.05, 3.63) is 0 Å². The van der Waals surface area contributed by atoms with Gasteiger partial charge in [0.25, 0.3) is 5.97 Å². The number of aliphatic hydroxyl groups excluding tert-OH is 1. The Morgan fingerprint density at radius 1 is 0.750 bits per heavy atom. The first-order chi connectivity index (χ1) is 6.56. The van der Waals surface area contributed by atoms with E-state index in [0.717, 1.165) is 0 Å². The zero-order chi connectivity index (χ0) is 14.2. The van der Waals surface area contributed by atoms with Crippen LogP contribution >= 0.6 is 0 Å². The third-order valence-corrected chi connectivity index (χ3v) is 0.212. The van der Waals surface area contributed by atoms with Crippen molar-refractivity contribution in [3.63, 3.8) is 0 Å². The van der Waals surface area contributed by atoms with E-state index in [2.05, 4.69) is 0 Å². The van der Waals surface area contributed by atoms with Gasteiger partial charge in [-0.2, -0.15) is 16.8 Å². The molecule has 0 saturated heterocycles. The van der Waals surface area contributed by atoms with E-state index in [1.54, 1.807) is 0 Å². The zero-order valence-corrected chi connectivity index (χ0v) is 8.87. The highest BCUT2D eigenvalue weighted by Crippen LogP contribution is 1.84. The largest absolute Gasteiger partial charge is 0.394 e. The normalized spacial score (nSPS) is 11.8. The lowest BCUT2D eigenvalue weighted by molar-refractivity contribution is -0.326. The van der Waals surface area contributed by atoms with E-state index in [4.69, 9.17) is 55.5 Å². The molecule has 0 bridgehead atoms. The summed E-state index contributed by atoms with van der Waals surface area (Å²) in [4.78, 5) is 0. The molecule has 0 aliphatic carbocycles. The predicted octanol–water partition coefficient (Wildman–Crippen LogP) is -3.70. The third kappa shape index (κ3) is 323. The highest BCUT2D eigenvalue weighted by Gasteiger charge is 2.13. The molecule has 16 heavy (non-hydrogen) atoms. The molecule has 0 unspecified atom stereocenters. The molecule has 0 saturated carbocycles. The van der Waals surface area contributed by atoms with Crippen LogP contribution in [0.2, 0.25) is 0 Å². The second-order valence-electron chi connectivity index (χ2n) is 1.83. The molecule has 0 heterocycles. The van der Waals surface area contributed by atoms with Gasteiger partial charge in [-0.05, 0) is 0 Å². The molecule has 0 aliphatic heterocycles. The van der Waals surface area contributed by atoms with E-state index in [-0.39, 0.29) is 0 Å². The lowest BCUT2D eigenvalue weighted by Gasteiger charge is -2.07. The monoisotopic (exact) mass is 290 g/mol. The van der Waals surface area contributed by atoms with E-state index >= 15 is 0 Å². The van der Waals surface area contributed by atoms with E-state index in [9.17, 15) is 0 Å². The summed E-state index contributed by atoms with van der Waals surface area (Å²) in [6.45, 7) is -1.06. The van der Waals surface area contributed by atoms with Gasteiger partial charge in [-0.1, -0.05) is 0 Å². The minimum absolute atomic E-state index is 1.06. The average molecular weight is 290 g/mol. The second-order valence-corrected chi connectivity index (χ2v) is 3.62. The van der Waals surface area contributed by atoms with Crippen molar-refractivity contribution in [1.29, 1.82) is 0 Å². The molecule has 0 aromatic rings. The van der Waals surface area contributed by atoms with Gasteiger partial charge in [0.05, 0.1) is 0 Å². The molecule has 12 nitrogen and oxygen atoms in total. The molecular formula is C2H10O12S2. The van der Waals surface area contributed by atoms with Crippen molar-refractivity contribution >= 4 is 20.8 Å². The van der Waals surface area contributed by atoms with Gasteiger partial charge in [0.1, 0.15) is 6.61 Å². The molecule has 8 N–H and O–H groups in total. The molecule has 14 heteroatoms. The Morgan fingerprint density at radius 2 is 0.812 bits per heavy atom. The van der Waals surface area contributed by atoms with E-state index in [1.807, 2.05) is 0 Å². The molecular weight excluding hydrogens is 280 g/mol. The molecule has 0 spiro atoms. The second kappa shape index (κ2) is 7.79.